The van der Waals surface area contributed by atoms with Crippen molar-refractivity contribution >= 4 is 36.2 Å². The Morgan fingerprint density at radius 3 is 2.80 bits per heavy atom. The summed E-state index contributed by atoms with van der Waals surface area (Å²) >= 11 is 5.03. The van der Waals surface area contributed by atoms with Gasteiger partial charge in [0.05, 0.1) is 5.92 Å². The number of nitrogens with one attached hydrogen (secondary N) is 2. The standard InChI is InChI=1S/C19H14N4OS/c24-18-16(20-12-14-10-6-3-7-11-14)17(22-19(25)23-18)21-13-15-8-4-1-2-5-9-15/h1-4,6-8,10-13,15H,(H2,22,23,24,25). The topological polar surface area (TPSA) is 73.4 Å². The number of hydrogen-bond donors (Lipinski definition) is 2. The van der Waals surface area contributed by atoms with Crippen molar-refractivity contribution in [1.29, 1.82) is 0 Å². The van der Waals surface area contributed by atoms with Crippen LogP contribution in [0.2, 0.25) is 0 Å². The highest BCUT2D eigenvalue weighted by Crippen LogP contribution is 2.20. The Bertz CT molecular complexity index is 1050. The first-order valence-electron chi connectivity index (χ1n) is 7.57. The second-order valence-electron chi connectivity index (χ2n) is 5.11. The highest BCUT2D eigenvalue weighted by Gasteiger charge is 2.06. The van der Waals surface area contributed by atoms with Gasteiger partial charge < -0.3 is 4.98 Å². The van der Waals surface area contributed by atoms with Crippen LogP contribution in [0.1, 0.15) is 5.56 Å². The first-order chi connectivity index (χ1) is 12.2. The van der Waals surface area contributed by atoms with Crippen molar-refractivity contribution < 1.29 is 0 Å². The van der Waals surface area contributed by atoms with Gasteiger partial charge in [-0.2, -0.15) is 0 Å². The van der Waals surface area contributed by atoms with Crippen molar-refractivity contribution in [3.05, 3.63) is 75.3 Å². The molecule has 0 radical (unpaired) electrons. The highest BCUT2D eigenvalue weighted by atomic mass is 32.1. The van der Waals surface area contributed by atoms with Gasteiger partial charge in [0.25, 0.3) is 5.56 Å². The smallest absolute Gasteiger partial charge is 0.279 e. The number of aliphatic imine (C=N–C) groups is 2. The molecule has 1 heterocycles. The third kappa shape index (κ3) is 4.59. The molecule has 1 atom stereocenters. The summed E-state index contributed by atoms with van der Waals surface area (Å²) < 4.78 is 0.194. The van der Waals surface area contributed by atoms with Gasteiger partial charge in [0.2, 0.25) is 0 Å². The average Bonchev–Trinajstić information content (AvgIpc) is 2.88. The van der Waals surface area contributed by atoms with Gasteiger partial charge in [0.1, 0.15) is 0 Å². The Kier molecular flexibility index (Phi) is 5.29. The first-order valence-corrected chi connectivity index (χ1v) is 7.97. The second kappa shape index (κ2) is 7.99. The van der Waals surface area contributed by atoms with Gasteiger partial charge >= 0.3 is 0 Å². The molecule has 0 amide bonds. The summed E-state index contributed by atoms with van der Waals surface area (Å²) in [5.74, 6) is 6.07. The summed E-state index contributed by atoms with van der Waals surface area (Å²) in [7, 11) is 0. The van der Waals surface area contributed by atoms with Crippen molar-refractivity contribution in [1.82, 2.24) is 9.97 Å². The molecule has 0 fully saturated rings. The number of hydrogen-bond acceptors (Lipinski definition) is 4. The van der Waals surface area contributed by atoms with Crippen LogP contribution >= 0.6 is 12.2 Å². The van der Waals surface area contributed by atoms with Crippen LogP contribution in [0.4, 0.5) is 11.5 Å². The van der Waals surface area contributed by atoms with E-state index < -0.39 is 5.56 Å². The van der Waals surface area contributed by atoms with E-state index in [-0.39, 0.29) is 16.4 Å². The van der Waals surface area contributed by atoms with E-state index in [0.717, 1.165) is 5.56 Å². The maximum Gasteiger partial charge on any atom is 0.279 e. The Labute approximate surface area is 149 Å². The summed E-state index contributed by atoms with van der Waals surface area (Å²) in [6.45, 7) is 0. The van der Waals surface area contributed by atoms with Gasteiger partial charge in [0.15, 0.2) is 16.3 Å². The molecule has 0 spiro atoms. The summed E-state index contributed by atoms with van der Waals surface area (Å²) in [5.41, 5.74) is 0.646. The van der Waals surface area contributed by atoms with Crippen LogP contribution in [0.25, 0.3) is 0 Å². The van der Waals surface area contributed by atoms with Crippen LogP contribution in [0.5, 0.6) is 0 Å². The van der Waals surface area contributed by atoms with Crippen LogP contribution in [-0.4, -0.2) is 22.4 Å². The lowest BCUT2D eigenvalue weighted by molar-refractivity contribution is 1.07. The molecule has 6 heteroatoms. The fourth-order valence-corrected chi connectivity index (χ4v) is 2.27. The zero-order chi connectivity index (χ0) is 17.5. The Morgan fingerprint density at radius 1 is 1.12 bits per heavy atom. The van der Waals surface area contributed by atoms with Crippen molar-refractivity contribution in [2.24, 2.45) is 15.9 Å². The van der Waals surface area contributed by atoms with E-state index in [2.05, 4.69) is 31.8 Å². The summed E-state index contributed by atoms with van der Waals surface area (Å²) in [5, 5.41) is 0. The normalized spacial score (nSPS) is 16.1. The monoisotopic (exact) mass is 346 g/mol. The molecule has 0 aliphatic heterocycles. The molecule has 2 N–H and O–H groups in total. The first kappa shape index (κ1) is 16.6. The number of nitrogens with zero attached hydrogens (tertiary/aromatic N) is 2. The van der Waals surface area contributed by atoms with E-state index in [0.29, 0.717) is 5.82 Å². The van der Waals surface area contributed by atoms with Crippen molar-refractivity contribution in [3.8, 4) is 11.8 Å². The molecule has 0 saturated heterocycles. The van der Waals surface area contributed by atoms with Crippen LogP contribution in [-0.2, 0) is 0 Å². The predicted octanol–water partition coefficient (Wildman–Crippen LogP) is 3.63. The van der Waals surface area contributed by atoms with Gasteiger partial charge in [0, 0.05) is 12.4 Å². The van der Waals surface area contributed by atoms with Crippen LogP contribution < -0.4 is 5.56 Å². The molecule has 0 bridgehead atoms. The largest absolute Gasteiger partial charge is 0.315 e. The minimum Gasteiger partial charge on any atom is -0.315 e. The molecule has 1 aliphatic carbocycles. The summed E-state index contributed by atoms with van der Waals surface area (Å²) in [4.78, 5) is 26.2. The Morgan fingerprint density at radius 2 is 1.96 bits per heavy atom. The lowest BCUT2D eigenvalue weighted by Gasteiger charge is -2.01. The van der Waals surface area contributed by atoms with Crippen LogP contribution in [0.3, 0.4) is 0 Å². The second-order valence-corrected chi connectivity index (χ2v) is 5.52. The molecule has 2 aromatic rings. The fourth-order valence-electron chi connectivity index (χ4n) is 2.08. The number of rotatable bonds is 4. The molecular weight excluding hydrogens is 332 g/mol. The zero-order valence-corrected chi connectivity index (χ0v) is 14.0. The molecule has 5 nitrogen and oxygen atoms in total. The summed E-state index contributed by atoms with van der Waals surface area (Å²) in [6.07, 6.45) is 10.7. The lowest BCUT2D eigenvalue weighted by Crippen LogP contribution is -2.07. The minimum atomic E-state index is -0.396. The van der Waals surface area contributed by atoms with Gasteiger partial charge in [-0.3, -0.25) is 9.78 Å². The molecule has 1 aromatic carbocycles. The summed E-state index contributed by atoms with van der Waals surface area (Å²) in [6, 6.07) is 9.49. The van der Waals surface area contributed by atoms with Crippen molar-refractivity contribution in [3.63, 3.8) is 0 Å². The molecule has 1 aromatic heterocycles. The van der Waals surface area contributed by atoms with Gasteiger partial charge in [-0.15, -0.1) is 0 Å². The van der Waals surface area contributed by atoms with E-state index in [1.165, 1.54) is 0 Å². The third-order valence-electron chi connectivity index (χ3n) is 3.26. The van der Waals surface area contributed by atoms with Gasteiger partial charge in [-0.1, -0.05) is 60.4 Å². The Hall–Kier alpha value is -3.30. The molecule has 1 unspecified atom stereocenters. The van der Waals surface area contributed by atoms with E-state index in [4.69, 9.17) is 12.2 Å². The number of allylic oxidation sites excluding steroid dienone is 4. The number of aromatic amines is 2. The molecule has 1 aliphatic rings. The van der Waals surface area contributed by atoms with Crippen molar-refractivity contribution in [2.75, 3.05) is 0 Å². The van der Waals surface area contributed by atoms with Gasteiger partial charge in [-0.25, -0.2) is 9.98 Å². The molecule has 3 rings (SSSR count). The maximum absolute atomic E-state index is 12.2. The minimum absolute atomic E-state index is 0.151. The Balaban J connectivity index is 1.95. The molecule has 25 heavy (non-hydrogen) atoms. The van der Waals surface area contributed by atoms with Crippen LogP contribution in [0, 0.1) is 22.5 Å². The van der Waals surface area contributed by atoms with E-state index in [1.807, 2.05) is 48.6 Å². The molecule has 0 saturated carbocycles. The fraction of sp³-hybridized carbons (Fsp3) is 0.0526. The van der Waals surface area contributed by atoms with Crippen LogP contribution in [0.15, 0.2) is 69.4 Å². The quantitative estimate of drug-likeness (QED) is 0.504. The predicted molar refractivity (Wildman–Crippen MR) is 104 cm³/mol. The van der Waals surface area contributed by atoms with E-state index in [9.17, 15) is 4.79 Å². The number of H-pyrrole nitrogens is 2. The SMILES string of the molecule is O=c1[nH]c(=S)[nH]c(N=CC2C#CC=CC=C2)c1N=Cc1ccccc1. The zero-order valence-electron chi connectivity index (χ0n) is 13.1. The number of aromatic nitrogens is 2. The van der Waals surface area contributed by atoms with E-state index >= 15 is 0 Å². The lowest BCUT2D eigenvalue weighted by atomic mass is 10.2. The highest BCUT2D eigenvalue weighted by molar-refractivity contribution is 7.71. The van der Waals surface area contributed by atoms with Gasteiger partial charge in [-0.05, 0) is 23.9 Å². The molecule has 122 valence electrons. The van der Waals surface area contributed by atoms with E-state index in [1.54, 1.807) is 18.5 Å². The average molecular weight is 346 g/mol. The third-order valence-corrected chi connectivity index (χ3v) is 3.47. The maximum atomic E-state index is 12.2. The molecular formula is C19H14N4OS. The van der Waals surface area contributed by atoms with Crippen molar-refractivity contribution in [2.45, 2.75) is 0 Å². The number of benzene rings is 1.